The van der Waals surface area contributed by atoms with Crippen molar-refractivity contribution < 1.29 is 14.2 Å². The van der Waals surface area contributed by atoms with E-state index in [1.807, 2.05) is 18.2 Å². The summed E-state index contributed by atoms with van der Waals surface area (Å²) in [5, 5.41) is 27.0. The number of ether oxygens (including phenoxy) is 1. The van der Waals surface area contributed by atoms with Gasteiger partial charge < -0.3 is 14.7 Å². The standard InChI is InChI=1S/C22H23FN6O2/c1-31-21-11-16(12-24-27-21)15-2-3-17(19(30)10-15)18-4-5-20(26-25-18)28-8-9-29(14-28)22(13-23)6-7-22/h2-5,10-12,30H,6-9,13-14H2,1H3. The topological polar surface area (TPSA) is 87.5 Å². The first-order chi connectivity index (χ1) is 15.1. The second-order valence-electron chi connectivity index (χ2n) is 8.02. The molecule has 1 N–H and O–H groups in total. The monoisotopic (exact) mass is 422 g/mol. The Balaban J connectivity index is 1.33. The molecule has 1 aromatic carbocycles. The summed E-state index contributed by atoms with van der Waals surface area (Å²) >= 11 is 0. The van der Waals surface area contributed by atoms with Crippen LogP contribution in [0.4, 0.5) is 10.2 Å². The largest absolute Gasteiger partial charge is 0.507 e. The Kier molecular flexibility index (Phi) is 4.90. The highest BCUT2D eigenvalue weighted by Gasteiger charge is 2.50. The molecule has 2 aliphatic rings. The van der Waals surface area contributed by atoms with Crippen molar-refractivity contribution in [3.05, 3.63) is 42.6 Å². The molecule has 0 amide bonds. The number of halogens is 1. The predicted octanol–water partition coefficient (Wildman–Crippen LogP) is 2.90. The molecule has 31 heavy (non-hydrogen) atoms. The second kappa shape index (κ2) is 7.73. The quantitative estimate of drug-likeness (QED) is 0.649. The molecule has 2 fully saturated rings. The lowest BCUT2D eigenvalue weighted by Crippen LogP contribution is -2.38. The van der Waals surface area contributed by atoms with E-state index in [1.54, 1.807) is 24.4 Å². The molecule has 0 radical (unpaired) electrons. The van der Waals surface area contributed by atoms with E-state index in [4.69, 9.17) is 4.74 Å². The highest BCUT2D eigenvalue weighted by atomic mass is 19.1. The van der Waals surface area contributed by atoms with Crippen LogP contribution in [0.15, 0.2) is 42.6 Å². The van der Waals surface area contributed by atoms with Crippen molar-refractivity contribution in [2.24, 2.45) is 0 Å². The molecule has 0 unspecified atom stereocenters. The number of alkyl halides is 1. The van der Waals surface area contributed by atoms with E-state index in [-0.39, 0.29) is 18.0 Å². The van der Waals surface area contributed by atoms with Gasteiger partial charge in [-0.05, 0) is 42.7 Å². The van der Waals surface area contributed by atoms with E-state index in [1.165, 1.54) is 7.11 Å². The van der Waals surface area contributed by atoms with Gasteiger partial charge in [-0.1, -0.05) is 6.07 Å². The van der Waals surface area contributed by atoms with Gasteiger partial charge in [0, 0.05) is 30.3 Å². The summed E-state index contributed by atoms with van der Waals surface area (Å²) in [5.41, 5.74) is 2.50. The van der Waals surface area contributed by atoms with Gasteiger partial charge in [0.05, 0.1) is 31.2 Å². The van der Waals surface area contributed by atoms with E-state index < -0.39 is 0 Å². The van der Waals surface area contributed by atoms with Crippen LogP contribution in [0.3, 0.4) is 0 Å². The van der Waals surface area contributed by atoms with Crippen molar-refractivity contribution in [1.29, 1.82) is 0 Å². The number of hydrogen-bond donors (Lipinski definition) is 1. The Hall–Kier alpha value is -3.33. The van der Waals surface area contributed by atoms with Gasteiger partial charge in [0.2, 0.25) is 5.88 Å². The highest BCUT2D eigenvalue weighted by molar-refractivity contribution is 5.74. The van der Waals surface area contributed by atoms with Crippen LogP contribution < -0.4 is 9.64 Å². The van der Waals surface area contributed by atoms with E-state index in [0.717, 1.165) is 42.9 Å². The number of methoxy groups -OCH3 is 1. The number of hydrogen-bond acceptors (Lipinski definition) is 8. The van der Waals surface area contributed by atoms with Crippen LogP contribution in [0.1, 0.15) is 12.8 Å². The number of aromatic nitrogens is 4. The third-order valence-corrected chi connectivity index (χ3v) is 6.15. The fraction of sp³-hybridized carbons (Fsp3) is 0.364. The van der Waals surface area contributed by atoms with Gasteiger partial charge in [-0.15, -0.1) is 15.3 Å². The van der Waals surface area contributed by atoms with E-state index in [9.17, 15) is 9.50 Å². The summed E-state index contributed by atoms with van der Waals surface area (Å²) in [6, 6.07) is 10.8. The van der Waals surface area contributed by atoms with Crippen LogP contribution in [0, 0.1) is 0 Å². The third kappa shape index (κ3) is 3.65. The van der Waals surface area contributed by atoms with Crippen molar-refractivity contribution in [1.82, 2.24) is 25.3 Å². The highest BCUT2D eigenvalue weighted by Crippen LogP contribution is 2.43. The van der Waals surface area contributed by atoms with Crippen molar-refractivity contribution in [2.45, 2.75) is 18.4 Å². The Morgan fingerprint density at radius 2 is 1.94 bits per heavy atom. The van der Waals surface area contributed by atoms with Crippen LogP contribution in [0.5, 0.6) is 11.6 Å². The first-order valence-electron chi connectivity index (χ1n) is 10.2. The Bertz CT molecular complexity index is 1090. The minimum absolute atomic E-state index is 0.0984. The molecule has 160 valence electrons. The molecule has 3 heterocycles. The van der Waals surface area contributed by atoms with E-state index >= 15 is 0 Å². The molecule has 0 spiro atoms. The average molecular weight is 422 g/mol. The summed E-state index contributed by atoms with van der Waals surface area (Å²) in [7, 11) is 1.53. The summed E-state index contributed by atoms with van der Waals surface area (Å²) in [6.45, 7) is 2.02. The fourth-order valence-electron chi connectivity index (χ4n) is 4.01. The number of phenols is 1. The Morgan fingerprint density at radius 1 is 1.06 bits per heavy atom. The zero-order chi connectivity index (χ0) is 21.4. The maximum absolute atomic E-state index is 13.3. The minimum atomic E-state index is -0.289. The third-order valence-electron chi connectivity index (χ3n) is 6.15. The SMILES string of the molecule is COc1cc(-c2ccc(-c3ccc(N4CCN(C5(CF)CC5)C4)nn3)c(O)c2)cnn1. The normalized spacial score (nSPS) is 17.7. The van der Waals surface area contributed by atoms with Gasteiger partial charge in [0.15, 0.2) is 5.82 Å². The van der Waals surface area contributed by atoms with Gasteiger partial charge in [0.1, 0.15) is 12.4 Å². The smallest absolute Gasteiger partial charge is 0.233 e. The molecule has 1 saturated heterocycles. The van der Waals surface area contributed by atoms with Gasteiger partial charge in [-0.2, -0.15) is 5.10 Å². The zero-order valence-electron chi connectivity index (χ0n) is 17.2. The lowest BCUT2D eigenvalue weighted by molar-refractivity contribution is 0.182. The van der Waals surface area contributed by atoms with E-state index in [2.05, 4.69) is 30.2 Å². The van der Waals surface area contributed by atoms with Gasteiger partial charge in [0.25, 0.3) is 0 Å². The molecular formula is C22H23FN6O2. The van der Waals surface area contributed by atoms with Crippen molar-refractivity contribution in [2.75, 3.05) is 38.4 Å². The van der Waals surface area contributed by atoms with Crippen LogP contribution in [0.2, 0.25) is 0 Å². The predicted molar refractivity (Wildman–Crippen MR) is 114 cm³/mol. The van der Waals surface area contributed by atoms with Gasteiger partial charge in [-0.3, -0.25) is 4.90 Å². The van der Waals surface area contributed by atoms with Crippen LogP contribution in [0.25, 0.3) is 22.4 Å². The molecule has 5 rings (SSSR count). The molecular weight excluding hydrogens is 399 g/mol. The molecule has 9 heteroatoms. The first kappa shape index (κ1) is 19.6. The lowest BCUT2D eigenvalue weighted by atomic mass is 10.0. The van der Waals surface area contributed by atoms with Crippen LogP contribution >= 0.6 is 0 Å². The van der Waals surface area contributed by atoms with Crippen molar-refractivity contribution in [3.8, 4) is 34.0 Å². The summed E-state index contributed by atoms with van der Waals surface area (Å²) in [5.74, 6) is 1.26. The first-order valence-corrected chi connectivity index (χ1v) is 10.2. The number of aromatic hydroxyl groups is 1. The Morgan fingerprint density at radius 3 is 2.61 bits per heavy atom. The van der Waals surface area contributed by atoms with Crippen LogP contribution in [-0.2, 0) is 0 Å². The molecule has 0 atom stereocenters. The van der Waals surface area contributed by atoms with Crippen LogP contribution in [-0.4, -0.2) is 69.5 Å². The molecule has 1 aliphatic carbocycles. The Labute approximate surface area is 179 Å². The number of phenolic OH excluding ortho intramolecular Hbond substituents is 1. The number of rotatable bonds is 6. The molecule has 8 nitrogen and oxygen atoms in total. The van der Waals surface area contributed by atoms with Gasteiger partial charge >= 0.3 is 0 Å². The molecule has 3 aromatic rings. The summed E-state index contributed by atoms with van der Waals surface area (Å²) in [4.78, 5) is 4.31. The minimum Gasteiger partial charge on any atom is -0.507 e. The van der Waals surface area contributed by atoms with Gasteiger partial charge in [-0.25, -0.2) is 4.39 Å². The summed E-state index contributed by atoms with van der Waals surface area (Å²) in [6.07, 6.45) is 3.47. The molecule has 0 bridgehead atoms. The molecule has 1 saturated carbocycles. The van der Waals surface area contributed by atoms with Crippen molar-refractivity contribution >= 4 is 5.82 Å². The number of anilines is 1. The number of benzene rings is 1. The second-order valence-corrected chi connectivity index (χ2v) is 8.02. The maximum atomic E-state index is 13.3. The lowest BCUT2D eigenvalue weighted by Gasteiger charge is -2.25. The molecule has 1 aliphatic heterocycles. The number of nitrogens with zero attached hydrogens (tertiary/aromatic N) is 6. The molecule has 2 aromatic heterocycles. The van der Waals surface area contributed by atoms with Crippen molar-refractivity contribution in [3.63, 3.8) is 0 Å². The average Bonchev–Trinajstić information content (AvgIpc) is 3.46. The zero-order valence-corrected chi connectivity index (χ0v) is 17.2. The summed E-state index contributed by atoms with van der Waals surface area (Å²) < 4.78 is 18.5. The fourth-order valence-corrected chi connectivity index (χ4v) is 4.01. The maximum Gasteiger partial charge on any atom is 0.233 e. The van der Waals surface area contributed by atoms with E-state index in [0.29, 0.717) is 23.8 Å².